The minimum Gasteiger partial charge on any atom is -0.264 e. The van der Waals surface area contributed by atoms with Gasteiger partial charge in [-0.05, 0) is 23.8 Å². The number of thiol groups is 1. The number of nitro groups is 1. The summed E-state index contributed by atoms with van der Waals surface area (Å²) in [6, 6.07) is -0.612. The Morgan fingerprint density at radius 3 is 1.71 bits per heavy atom. The van der Waals surface area contributed by atoms with Crippen LogP contribution in [0.5, 0.6) is 0 Å². The first-order valence-electron chi connectivity index (χ1n) is 5.45. The van der Waals surface area contributed by atoms with Crippen molar-refractivity contribution in [2.75, 3.05) is 0 Å². The summed E-state index contributed by atoms with van der Waals surface area (Å²) < 4.78 is 75.8. The Balaban J connectivity index is 3.42. The molecule has 2 atom stereocenters. The smallest absolute Gasteiger partial charge is 0.264 e. The molecule has 0 saturated heterocycles. The van der Waals surface area contributed by atoms with Gasteiger partial charge < -0.3 is 0 Å². The summed E-state index contributed by atoms with van der Waals surface area (Å²) in [5.41, 5.74) is -3.56. The van der Waals surface area contributed by atoms with E-state index in [1.807, 2.05) is 0 Å². The van der Waals surface area contributed by atoms with E-state index in [9.17, 15) is 36.5 Å². The van der Waals surface area contributed by atoms with Gasteiger partial charge in [-0.15, -0.1) is 0 Å². The lowest BCUT2D eigenvalue weighted by atomic mass is 10.00. The highest BCUT2D eigenvalue weighted by Gasteiger charge is 2.38. The fraction of sp³-hybridized carbons (Fsp3) is 0.455. The van der Waals surface area contributed by atoms with Gasteiger partial charge in [-0.25, -0.2) is 0 Å². The first-order valence-corrected chi connectivity index (χ1v) is 5.96. The van der Waals surface area contributed by atoms with Crippen LogP contribution in [-0.4, -0.2) is 11.0 Å². The summed E-state index contributed by atoms with van der Waals surface area (Å²) in [5.74, 6) is 0. The molecular weight excluding hydrogens is 324 g/mol. The standard InChI is InChI=1S/C11H9F6NO2S/c1-5(18(19)20)9(21)6-2-7(10(12,13)14)4-8(3-6)11(15,16)17/h2-5,9,21H,1H3. The number of hydrogen-bond acceptors (Lipinski definition) is 3. The van der Waals surface area contributed by atoms with Crippen molar-refractivity contribution in [2.24, 2.45) is 0 Å². The molecule has 21 heavy (non-hydrogen) atoms. The van der Waals surface area contributed by atoms with E-state index in [2.05, 4.69) is 12.6 Å². The van der Waals surface area contributed by atoms with E-state index < -0.39 is 45.3 Å². The fourth-order valence-corrected chi connectivity index (χ4v) is 1.80. The molecule has 1 aromatic rings. The molecule has 118 valence electrons. The Labute approximate surface area is 120 Å². The number of halogens is 6. The maximum Gasteiger partial charge on any atom is 0.416 e. The van der Waals surface area contributed by atoms with E-state index in [1.165, 1.54) is 0 Å². The van der Waals surface area contributed by atoms with Crippen LogP contribution in [0.1, 0.15) is 28.9 Å². The van der Waals surface area contributed by atoms with E-state index in [-0.39, 0.29) is 6.07 Å². The topological polar surface area (TPSA) is 43.1 Å². The van der Waals surface area contributed by atoms with Crippen molar-refractivity contribution in [3.8, 4) is 0 Å². The average Bonchev–Trinajstić information content (AvgIpc) is 2.34. The van der Waals surface area contributed by atoms with Gasteiger partial charge in [0.2, 0.25) is 6.04 Å². The number of benzene rings is 1. The largest absolute Gasteiger partial charge is 0.416 e. The highest BCUT2D eigenvalue weighted by Crippen LogP contribution is 2.39. The first-order chi connectivity index (χ1) is 9.34. The van der Waals surface area contributed by atoms with Crippen molar-refractivity contribution in [1.29, 1.82) is 0 Å². The zero-order chi connectivity index (χ0) is 16.6. The van der Waals surface area contributed by atoms with Crippen molar-refractivity contribution in [3.63, 3.8) is 0 Å². The van der Waals surface area contributed by atoms with Crippen LogP contribution in [-0.2, 0) is 12.4 Å². The normalized spacial score (nSPS) is 15.6. The van der Waals surface area contributed by atoms with E-state index in [1.54, 1.807) is 0 Å². The lowest BCUT2D eigenvalue weighted by Gasteiger charge is -2.18. The quantitative estimate of drug-likeness (QED) is 0.386. The Bertz CT molecular complexity index is 510. The van der Waals surface area contributed by atoms with Crippen LogP contribution in [0, 0.1) is 10.1 Å². The fourth-order valence-electron chi connectivity index (χ4n) is 1.54. The van der Waals surface area contributed by atoms with Gasteiger partial charge in [0.1, 0.15) is 0 Å². The third kappa shape index (κ3) is 4.26. The molecule has 10 heteroatoms. The second kappa shape index (κ2) is 5.74. The summed E-state index contributed by atoms with van der Waals surface area (Å²) in [6.07, 6.45) is -10.00. The monoisotopic (exact) mass is 333 g/mol. The van der Waals surface area contributed by atoms with E-state index in [0.29, 0.717) is 12.1 Å². The van der Waals surface area contributed by atoms with Gasteiger partial charge in [-0.1, -0.05) is 0 Å². The van der Waals surface area contributed by atoms with Gasteiger partial charge in [0, 0.05) is 11.8 Å². The maximum atomic E-state index is 12.6. The molecule has 0 spiro atoms. The van der Waals surface area contributed by atoms with Crippen molar-refractivity contribution in [3.05, 3.63) is 45.0 Å². The highest BCUT2D eigenvalue weighted by molar-refractivity contribution is 7.80. The molecule has 0 saturated carbocycles. The van der Waals surface area contributed by atoms with E-state index in [4.69, 9.17) is 0 Å². The molecule has 0 aliphatic heterocycles. The van der Waals surface area contributed by atoms with Crippen molar-refractivity contribution in [1.82, 2.24) is 0 Å². The molecule has 0 radical (unpaired) electrons. The van der Waals surface area contributed by atoms with Crippen LogP contribution in [0.2, 0.25) is 0 Å². The number of nitrogens with zero attached hydrogens (tertiary/aromatic N) is 1. The number of rotatable bonds is 3. The Kier molecular flexibility index (Phi) is 4.81. The van der Waals surface area contributed by atoms with Crippen molar-refractivity contribution < 1.29 is 31.3 Å². The van der Waals surface area contributed by atoms with Crippen LogP contribution < -0.4 is 0 Å². The SMILES string of the molecule is CC(C(S)c1cc(C(F)(F)F)cc(C(F)(F)F)c1)[N+](=O)[O-]. The zero-order valence-corrected chi connectivity index (χ0v) is 11.3. The minimum atomic E-state index is -5.00. The molecular formula is C11H9F6NO2S. The lowest BCUT2D eigenvalue weighted by molar-refractivity contribution is -0.518. The van der Waals surface area contributed by atoms with Crippen LogP contribution in [0.3, 0.4) is 0 Å². The number of hydrogen-bond donors (Lipinski definition) is 1. The molecule has 1 aromatic carbocycles. The van der Waals surface area contributed by atoms with Crippen LogP contribution in [0.25, 0.3) is 0 Å². The van der Waals surface area contributed by atoms with Crippen molar-refractivity contribution in [2.45, 2.75) is 30.6 Å². The minimum absolute atomic E-state index is 0.0408. The number of alkyl halides is 6. The molecule has 0 aliphatic rings. The first kappa shape index (κ1) is 17.6. The van der Waals surface area contributed by atoms with Gasteiger partial charge in [-0.2, -0.15) is 39.0 Å². The summed E-state index contributed by atoms with van der Waals surface area (Å²) in [5, 5.41) is 9.19. The molecule has 0 aliphatic carbocycles. The van der Waals surface area contributed by atoms with Gasteiger partial charge in [-0.3, -0.25) is 10.1 Å². The summed E-state index contributed by atoms with van der Waals surface area (Å²) in [4.78, 5) is 9.76. The molecule has 0 heterocycles. The third-order valence-corrected chi connectivity index (χ3v) is 3.47. The molecule has 0 fully saturated rings. The molecule has 1 rings (SSSR count). The van der Waals surface area contributed by atoms with Crippen LogP contribution >= 0.6 is 12.6 Å². The molecule has 3 nitrogen and oxygen atoms in total. The lowest BCUT2D eigenvalue weighted by Crippen LogP contribution is -2.22. The Morgan fingerprint density at radius 1 is 1.05 bits per heavy atom. The molecule has 2 unspecified atom stereocenters. The molecule has 0 N–H and O–H groups in total. The second-order valence-corrected chi connectivity index (χ2v) is 4.87. The van der Waals surface area contributed by atoms with Gasteiger partial charge in [0.05, 0.1) is 16.4 Å². The van der Waals surface area contributed by atoms with Crippen LogP contribution in [0.15, 0.2) is 18.2 Å². The van der Waals surface area contributed by atoms with Gasteiger partial charge >= 0.3 is 12.4 Å². The molecule has 0 amide bonds. The van der Waals surface area contributed by atoms with Gasteiger partial charge in [0.15, 0.2) is 0 Å². The molecule has 0 aromatic heterocycles. The zero-order valence-electron chi connectivity index (χ0n) is 10.4. The van der Waals surface area contributed by atoms with Crippen LogP contribution in [0.4, 0.5) is 26.3 Å². The molecule has 0 bridgehead atoms. The predicted octanol–water partition coefficient (Wildman–Crippen LogP) is 4.36. The van der Waals surface area contributed by atoms with E-state index in [0.717, 1.165) is 6.92 Å². The van der Waals surface area contributed by atoms with Crippen molar-refractivity contribution >= 4 is 12.6 Å². The summed E-state index contributed by atoms with van der Waals surface area (Å²) in [6.45, 7) is 1.05. The second-order valence-electron chi connectivity index (χ2n) is 4.31. The summed E-state index contributed by atoms with van der Waals surface area (Å²) in [7, 11) is 0. The Morgan fingerprint density at radius 2 is 1.43 bits per heavy atom. The third-order valence-electron chi connectivity index (χ3n) is 2.74. The highest BCUT2D eigenvalue weighted by atomic mass is 32.1. The average molecular weight is 333 g/mol. The summed E-state index contributed by atoms with van der Waals surface area (Å²) >= 11 is 3.76. The Hall–Kier alpha value is -1.45. The predicted molar refractivity (Wildman–Crippen MR) is 64.6 cm³/mol. The van der Waals surface area contributed by atoms with Gasteiger partial charge in [0.25, 0.3) is 0 Å². The maximum absolute atomic E-state index is 12.6. The van der Waals surface area contributed by atoms with E-state index >= 15 is 0 Å².